The van der Waals surface area contributed by atoms with Gasteiger partial charge in [-0.15, -0.1) is 0 Å². The molecule has 0 atom stereocenters. The molecule has 2 heterocycles. The van der Waals surface area contributed by atoms with Crippen molar-refractivity contribution in [3.63, 3.8) is 0 Å². The number of nitrogens with zero attached hydrogens (tertiary/aromatic N) is 2. The van der Waals surface area contributed by atoms with E-state index in [-0.39, 0.29) is 5.69 Å². The van der Waals surface area contributed by atoms with Gasteiger partial charge in [0.05, 0.1) is 18.0 Å². The van der Waals surface area contributed by atoms with Gasteiger partial charge in [0.2, 0.25) is 5.76 Å². The maximum Gasteiger partial charge on any atom is 0.277 e. The fraction of sp³-hybridized carbons (Fsp3) is 0.312. The quantitative estimate of drug-likeness (QED) is 0.824. The van der Waals surface area contributed by atoms with E-state index in [1.807, 2.05) is 0 Å². The first kappa shape index (κ1) is 15.1. The van der Waals surface area contributed by atoms with Crippen molar-refractivity contribution in [1.82, 2.24) is 10.5 Å². The Morgan fingerprint density at radius 2 is 2.22 bits per heavy atom. The van der Waals surface area contributed by atoms with Gasteiger partial charge in [-0.1, -0.05) is 18.0 Å². The lowest BCUT2D eigenvalue weighted by molar-refractivity contribution is 0.0959. The van der Waals surface area contributed by atoms with Gasteiger partial charge in [0.15, 0.2) is 11.5 Å². The zero-order valence-electron chi connectivity index (χ0n) is 12.6. The van der Waals surface area contributed by atoms with Gasteiger partial charge >= 0.3 is 0 Å². The Hall–Kier alpha value is -2.83. The molecule has 0 saturated heterocycles. The summed E-state index contributed by atoms with van der Waals surface area (Å²) in [7, 11) is 0. The average Bonchev–Trinajstić information content (AvgIpc) is 3.32. The molecule has 0 radical (unpaired) electrons. The Labute approximate surface area is 133 Å². The molecule has 120 valence electrons. The van der Waals surface area contributed by atoms with Crippen molar-refractivity contribution in [3.05, 3.63) is 42.1 Å². The van der Waals surface area contributed by atoms with Gasteiger partial charge < -0.3 is 20.0 Å². The third-order valence-electron chi connectivity index (χ3n) is 3.69. The minimum atomic E-state index is -0.416. The highest BCUT2D eigenvalue weighted by Gasteiger charge is 2.16. The molecule has 1 aliphatic carbocycles. The Morgan fingerprint density at radius 3 is 2.91 bits per heavy atom. The van der Waals surface area contributed by atoms with Crippen LogP contribution in [0, 0.1) is 0 Å². The summed E-state index contributed by atoms with van der Waals surface area (Å²) >= 11 is 0. The minimum absolute atomic E-state index is 0.144. The lowest BCUT2D eigenvalue weighted by atomic mass is 10.3. The van der Waals surface area contributed by atoms with Crippen molar-refractivity contribution in [2.24, 2.45) is 10.7 Å². The zero-order valence-corrected chi connectivity index (χ0v) is 12.6. The summed E-state index contributed by atoms with van der Waals surface area (Å²) in [6.07, 6.45) is 8.99. The van der Waals surface area contributed by atoms with Crippen LogP contribution in [0.25, 0.3) is 11.5 Å². The van der Waals surface area contributed by atoms with E-state index in [2.05, 4.69) is 15.5 Å². The van der Waals surface area contributed by atoms with E-state index in [1.165, 1.54) is 31.4 Å². The van der Waals surface area contributed by atoms with E-state index in [1.54, 1.807) is 18.3 Å². The lowest BCUT2D eigenvalue weighted by Crippen LogP contribution is -2.25. The molecule has 3 rings (SSSR count). The van der Waals surface area contributed by atoms with Gasteiger partial charge in [-0.2, -0.15) is 0 Å². The molecule has 23 heavy (non-hydrogen) atoms. The van der Waals surface area contributed by atoms with Gasteiger partial charge in [0.1, 0.15) is 0 Å². The van der Waals surface area contributed by atoms with Gasteiger partial charge in [0.25, 0.3) is 5.91 Å². The first-order valence-corrected chi connectivity index (χ1v) is 7.53. The fourth-order valence-electron chi connectivity index (χ4n) is 2.47. The summed E-state index contributed by atoms with van der Waals surface area (Å²) in [6.45, 7) is 0. The van der Waals surface area contributed by atoms with Crippen LogP contribution >= 0.6 is 0 Å². The maximum absolute atomic E-state index is 12.2. The monoisotopic (exact) mass is 314 g/mol. The molecule has 0 unspecified atom stereocenters. The Balaban J connectivity index is 1.63. The number of hydrogen-bond acceptors (Lipinski definition) is 6. The second-order valence-corrected chi connectivity index (χ2v) is 5.35. The van der Waals surface area contributed by atoms with Gasteiger partial charge in [0, 0.05) is 18.5 Å². The number of carbonyl (C=O) groups excluding carboxylic acids is 1. The van der Waals surface area contributed by atoms with Gasteiger partial charge in [-0.25, -0.2) is 0 Å². The number of furan rings is 1. The number of aliphatic imine (C=N–C) groups is 1. The molecule has 1 aliphatic rings. The van der Waals surface area contributed by atoms with Gasteiger partial charge in [-0.05, 0) is 25.0 Å². The molecule has 0 aromatic carbocycles. The Kier molecular flexibility index (Phi) is 4.56. The number of amides is 1. The summed E-state index contributed by atoms with van der Waals surface area (Å²) in [5, 5.41) is 6.40. The summed E-state index contributed by atoms with van der Waals surface area (Å²) in [4.78, 5) is 16.6. The highest BCUT2D eigenvalue weighted by atomic mass is 16.5. The van der Waals surface area contributed by atoms with Crippen molar-refractivity contribution < 1.29 is 13.7 Å². The van der Waals surface area contributed by atoms with E-state index in [4.69, 9.17) is 14.7 Å². The van der Waals surface area contributed by atoms with Crippen molar-refractivity contribution in [1.29, 1.82) is 0 Å². The number of nitrogens with two attached hydrogens (primary N) is 1. The topological polar surface area (TPSA) is 107 Å². The van der Waals surface area contributed by atoms with Crippen LogP contribution in [0.2, 0.25) is 0 Å². The second-order valence-electron chi connectivity index (χ2n) is 5.35. The molecule has 1 amide bonds. The first-order valence-electron chi connectivity index (χ1n) is 7.53. The van der Waals surface area contributed by atoms with Crippen LogP contribution in [0.5, 0.6) is 0 Å². The van der Waals surface area contributed by atoms with E-state index in [9.17, 15) is 4.79 Å². The highest BCUT2D eigenvalue weighted by molar-refractivity contribution is 5.97. The molecule has 7 heteroatoms. The van der Waals surface area contributed by atoms with E-state index < -0.39 is 5.91 Å². The minimum Gasteiger partial charge on any atom is -0.461 e. The number of nitrogens with one attached hydrogen (secondary N) is 1. The number of rotatable bonds is 5. The summed E-state index contributed by atoms with van der Waals surface area (Å²) in [5.74, 6) is 0.480. The Bertz CT molecular complexity index is 710. The molecule has 7 nitrogen and oxygen atoms in total. The Morgan fingerprint density at radius 1 is 1.39 bits per heavy atom. The largest absolute Gasteiger partial charge is 0.461 e. The smallest absolute Gasteiger partial charge is 0.277 e. The molecule has 0 aliphatic heterocycles. The first-order chi connectivity index (χ1) is 11.3. The standard InChI is InChI=1S/C16H18N4O3/c17-9-12(10-18-11-4-1-2-5-11)19-16(21)13-8-15(23-20-13)14-6-3-7-22-14/h3,6-11H,1-2,4-5,17H2,(H,19,21)/b12-9+,18-10?. The number of hydrogen-bond donors (Lipinski definition) is 2. The summed E-state index contributed by atoms with van der Waals surface area (Å²) < 4.78 is 10.3. The SMILES string of the molecule is N/C=C(\C=NC1CCCC1)NC(=O)c1cc(-c2ccco2)on1. The highest BCUT2D eigenvalue weighted by Crippen LogP contribution is 2.21. The number of aromatic nitrogens is 1. The lowest BCUT2D eigenvalue weighted by Gasteiger charge is -2.04. The van der Waals surface area contributed by atoms with Crippen LogP contribution in [0.1, 0.15) is 36.2 Å². The van der Waals surface area contributed by atoms with Crippen LogP contribution in [0.4, 0.5) is 0 Å². The summed E-state index contributed by atoms with van der Waals surface area (Å²) in [6, 6.07) is 5.28. The number of carbonyl (C=O) groups is 1. The van der Waals surface area contributed by atoms with Crippen molar-refractivity contribution >= 4 is 12.1 Å². The maximum atomic E-state index is 12.2. The third-order valence-corrected chi connectivity index (χ3v) is 3.69. The van der Waals surface area contributed by atoms with Crippen molar-refractivity contribution in [2.45, 2.75) is 31.7 Å². The molecule has 2 aromatic rings. The van der Waals surface area contributed by atoms with E-state index in [0.29, 0.717) is 23.3 Å². The third kappa shape index (κ3) is 3.68. The second kappa shape index (κ2) is 6.95. The molecule has 0 spiro atoms. The molecule has 2 aromatic heterocycles. The van der Waals surface area contributed by atoms with E-state index in [0.717, 1.165) is 12.8 Å². The molecular weight excluding hydrogens is 296 g/mol. The zero-order chi connectivity index (χ0) is 16.1. The molecular formula is C16H18N4O3. The van der Waals surface area contributed by atoms with Crippen LogP contribution < -0.4 is 11.1 Å². The van der Waals surface area contributed by atoms with Crippen molar-refractivity contribution in [2.75, 3.05) is 0 Å². The normalized spacial score (nSPS) is 16.3. The summed E-state index contributed by atoms with van der Waals surface area (Å²) in [5.41, 5.74) is 6.12. The van der Waals surface area contributed by atoms with Crippen LogP contribution in [0.3, 0.4) is 0 Å². The average molecular weight is 314 g/mol. The van der Waals surface area contributed by atoms with Crippen molar-refractivity contribution in [3.8, 4) is 11.5 Å². The van der Waals surface area contributed by atoms with Gasteiger partial charge in [-0.3, -0.25) is 9.79 Å². The van der Waals surface area contributed by atoms with Crippen LogP contribution in [-0.2, 0) is 0 Å². The number of allylic oxidation sites excluding steroid dienone is 1. The van der Waals surface area contributed by atoms with Crippen LogP contribution in [0.15, 0.2) is 50.3 Å². The fourth-order valence-corrected chi connectivity index (χ4v) is 2.47. The predicted molar refractivity (Wildman–Crippen MR) is 84.7 cm³/mol. The van der Waals surface area contributed by atoms with E-state index >= 15 is 0 Å². The molecule has 1 saturated carbocycles. The predicted octanol–water partition coefficient (Wildman–Crippen LogP) is 2.48. The molecule has 3 N–H and O–H groups in total. The van der Waals surface area contributed by atoms with Crippen LogP contribution in [-0.4, -0.2) is 23.3 Å². The molecule has 1 fully saturated rings. The molecule has 0 bridgehead atoms.